The van der Waals surface area contributed by atoms with Gasteiger partial charge in [0.05, 0.1) is 6.04 Å². The normalized spacial score (nSPS) is 17.9. The van der Waals surface area contributed by atoms with Gasteiger partial charge in [0.15, 0.2) is 0 Å². The average molecular weight is 260 g/mol. The van der Waals surface area contributed by atoms with E-state index < -0.39 is 0 Å². The van der Waals surface area contributed by atoms with Gasteiger partial charge in [-0.05, 0) is 50.7 Å². The van der Waals surface area contributed by atoms with Crippen LogP contribution in [-0.4, -0.2) is 11.9 Å². The van der Waals surface area contributed by atoms with E-state index in [1.165, 1.54) is 29.5 Å². The Morgan fingerprint density at radius 1 is 1.42 bits per heavy atom. The van der Waals surface area contributed by atoms with E-state index in [1.54, 1.807) is 0 Å². The Bertz CT molecular complexity index is 466. The summed E-state index contributed by atoms with van der Waals surface area (Å²) in [5.41, 5.74) is 9.63. The summed E-state index contributed by atoms with van der Waals surface area (Å²) < 4.78 is 0. The number of carbonyl (C=O) groups is 1. The molecule has 0 aliphatic heterocycles. The van der Waals surface area contributed by atoms with E-state index in [4.69, 9.17) is 5.73 Å². The van der Waals surface area contributed by atoms with Crippen LogP contribution >= 0.6 is 0 Å². The number of hydrogen-bond donors (Lipinski definition) is 2. The SMILES string of the molecule is Cc1ccc(C(C)NC(=O)CC(N)C2CC2)c(C)c1. The lowest BCUT2D eigenvalue weighted by molar-refractivity contribution is -0.122. The lowest BCUT2D eigenvalue weighted by Gasteiger charge is -2.18. The van der Waals surface area contributed by atoms with Crippen LogP contribution in [0.4, 0.5) is 0 Å². The minimum Gasteiger partial charge on any atom is -0.350 e. The van der Waals surface area contributed by atoms with Crippen LogP contribution in [0.2, 0.25) is 0 Å². The van der Waals surface area contributed by atoms with Crippen molar-refractivity contribution in [1.82, 2.24) is 5.32 Å². The number of benzene rings is 1. The number of hydrogen-bond acceptors (Lipinski definition) is 2. The smallest absolute Gasteiger partial charge is 0.222 e. The van der Waals surface area contributed by atoms with Crippen LogP contribution in [0.5, 0.6) is 0 Å². The van der Waals surface area contributed by atoms with Crippen LogP contribution in [0, 0.1) is 19.8 Å². The summed E-state index contributed by atoms with van der Waals surface area (Å²) in [6.07, 6.45) is 2.81. The topological polar surface area (TPSA) is 55.1 Å². The Morgan fingerprint density at radius 3 is 2.68 bits per heavy atom. The molecule has 104 valence electrons. The molecule has 2 unspecified atom stereocenters. The summed E-state index contributed by atoms with van der Waals surface area (Å²) in [5, 5.41) is 3.05. The third-order valence-corrected chi connectivity index (χ3v) is 3.92. The summed E-state index contributed by atoms with van der Waals surface area (Å²) in [7, 11) is 0. The van der Waals surface area contributed by atoms with E-state index in [2.05, 4.69) is 37.4 Å². The summed E-state index contributed by atoms with van der Waals surface area (Å²) in [6.45, 7) is 6.19. The molecule has 1 aliphatic rings. The summed E-state index contributed by atoms with van der Waals surface area (Å²) in [5.74, 6) is 0.633. The van der Waals surface area contributed by atoms with Gasteiger partial charge in [0.1, 0.15) is 0 Å². The van der Waals surface area contributed by atoms with Gasteiger partial charge in [0.25, 0.3) is 0 Å². The summed E-state index contributed by atoms with van der Waals surface area (Å²) in [4.78, 5) is 12.0. The maximum atomic E-state index is 12.0. The molecule has 2 atom stereocenters. The maximum absolute atomic E-state index is 12.0. The molecule has 1 fully saturated rings. The van der Waals surface area contributed by atoms with E-state index in [9.17, 15) is 4.79 Å². The number of carbonyl (C=O) groups excluding carboxylic acids is 1. The van der Waals surface area contributed by atoms with Crippen molar-refractivity contribution in [2.45, 2.75) is 52.1 Å². The fourth-order valence-electron chi connectivity index (χ4n) is 2.59. The highest BCUT2D eigenvalue weighted by Gasteiger charge is 2.30. The second kappa shape index (κ2) is 5.74. The fourth-order valence-corrected chi connectivity index (χ4v) is 2.59. The maximum Gasteiger partial charge on any atom is 0.222 e. The van der Waals surface area contributed by atoms with Crippen LogP contribution in [-0.2, 0) is 4.79 Å². The van der Waals surface area contributed by atoms with Crippen molar-refractivity contribution < 1.29 is 4.79 Å². The molecule has 1 aromatic rings. The molecule has 1 saturated carbocycles. The average Bonchev–Trinajstić information content (AvgIpc) is 3.11. The second-order valence-electron chi connectivity index (χ2n) is 5.85. The zero-order chi connectivity index (χ0) is 14.0. The van der Waals surface area contributed by atoms with Gasteiger partial charge >= 0.3 is 0 Å². The molecular formula is C16H24N2O. The zero-order valence-corrected chi connectivity index (χ0v) is 12.1. The van der Waals surface area contributed by atoms with Crippen molar-refractivity contribution in [3.63, 3.8) is 0 Å². The first-order valence-electron chi connectivity index (χ1n) is 7.09. The highest BCUT2D eigenvalue weighted by molar-refractivity contribution is 5.77. The molecule has 0 spiro atoms. The first-order chi connectivity index (χ1) is 8.97. The van der Waals surface area contributed by atoms with Gasteiger partial charge in [-0.15, -0.1) is 0 Å². The van der Waals surface area contributed by atoms with Gasteiger partial charge in [0, 0.05) is 12.5 Å². The third-order valence-electron chi connectivity index (χ3n) is 3.92. The van der Waals surface area contributed by atoms with Gasteiger partial charge in [-0.25, -0.2) is 0 Å². The molecule has 0 radical (unpaired) electrons. The minimum atomic E-state index is 0.0336. The molecule has 0 heterocycles. The Hall–Kier alpha value is -1.35. The molecule has 0 aromatic heterocycles. The minimum absolute atomic E-state index is 0.0336. The Balaban J connectivity index is 1.92. The van der Waals surface area contributed by atoms with Crippen molar-refractivity contribution in [1.29, 1.82) is 0 Å². The standard InChI is InChI=1S/C16H24N2O/c1-10-4-7-14(11(2)8-10)12(3)18-16(19)9-15(17)13-5-6-13/h4,7-8,12-13,15H,5-6,9,17H2,1-3H3,(H,18,19). The monoisotopic (exact) mass is 260 g/mol. The Labute approximate surface area is 115 Å². The fraction of sp³-hybridized carbons (Fsp3) is 0.562. The zero-order valence-electron chi connectivity index (χ0n) is 12.1. The van der Waals surface area contributed by atoms with Gasteiger partial charge in [-0.3, -0.25) is 4.79 Å². The lowest BCUT2D eigenvalue weighted by atomic mass is 10.00. The molecule has 1 aromatic carbocycles. The number of amides is 1. The van der Waals surface area contributed by atoms with E-state index >= 15 is 0 Å². The predicted octanol–water partition coefficient (Wildman–Crippen LogP) is 2.61. The first kappa shape index (κ1) is 14.1. The van der Waals surface area contributed by atoms with E-state index in [1.807, 2.05) is 6.92 Å². The van der Waals surface area contributed by atoms with Crippen molar-refractivity contribution in [2.75, 3.05) is 0 Å². The highest BCUT2D eigenvalue weighted by atomic mass is 16.1. The van der Waals surface area contributed by atoms with Crippen LogP contribution in [0.3, 0.4) is 0 Å². The lowest BCUT2D eigenvalue weighted by Crippen LogP contribution is -2.34. The third kappa shape index (κ3) is 3.80. The predicted molar refractivity (Wildman–Crippen MR) is 77.8 cm³/mol. The summed E-state index contributed by atoms with van der Waals surface area (Å²) >= 11 is 0. The molecule has 1 amide bonds. The molecule has 1 aliphatic carbocycles. The van der Waals surface area contributed by atoms with Gasteiger partial charge < -0.3 is 11.1 Å². The Kier molecular flexibility index (Phi) is 4.25. The van der Waals surface area contributed by atoms with E-state index in [0.29, 0.717) is 12.3 Å². The highest BCUT2D eigenvalue weighted by Crippen LogP contribution is 2.32. The van der Waals surface area contributed by atoms with Crippen LogP contribution < -0.4 is 11.1 Å². The van der Waals surface area contributed by atoms with Crippen molar-refractivity contribution in [3.8, 4) is 0 Å². The van der Waals surface area contributed by atoms with Crippen LogP contribution in [0.25, 0.3) is 0 Å². The molecule has 0 bridgehead atoms. The molecule has 3 nitrogen and oxygen atoms in total. The molecule has 3 N–H and O–H groups in total. The van der Waals surface area contributed by atoms with Gasteiger partial charge in [0.2, 0.25) is 5.91 Å². The second-order valence-corrected chi connectivity index (χ2v) is 5.85. The first-order valence-corrected chi connectivity index (χ1v) is 7.09. The molecule has 19 heavy (non-hydrogen) atoms. The van der Waals surface area contributed by atoms with Gasteiger partial charge in [-0.1, -0.05) is 23.8 Å². The summed E-state index contributed by atoms with van der Waals surface area (Å²) in [6, 6.07) is 6.40. The number of rotatable bonds is 5. The Morgan fingerprint density at radius 2 is 2.11 bits per heavy atom. The molecule has 2 rings (SSSR count). The number of aryl methyl sites for hydroxylation is 2. The van der Waals surface area contributed by atoms with Crippen molar-refractivity contribution >= 4 is 5.91 Å². The van der Waals surface area contributed by atoms with Crippen LogP contribution in [0.1, 0.15) is 48.9 Å². The van der Waals surface area contributed by atoms with Crippen molar-refractivity contribution in [2.24, 2.45) is 11.7 Å². The largest absolute Gasteiger partial charge is 0.350 e. The quantitative estimate of drug-likeness (QED) is 0.855. The van der Waals surface area contributed by atoms with E-state index in [0.717, 1.165) is 0 Å². The van der Waals surface area contributed by atoms with Crippen molar-refractivity contribution in [3.05, 3.63) is 34.9 Å². The molecular weight excluding hydrogens is 236 g/mol. The van der Waals surface area contributed by atoms with Gasteiger partial charge in [-0.2, -0.15) is 0 Å². The number of nitrogens with two attached hydrogens (primary N) is 1. The molecule has 3 heteroatoms. The van der Waals surface area contributed by atoms with Crippen LogP contribution in [0.15, 0.2) is 18.2 Å². The van der Waals surface area contributed by atoms with E-state index in [-0.39, 0.29) is 18.0 Å². The molecule has 0 saturated heterocycles. The number of nitrogens with one attached hydrogen (secondary N) is 1.